The van der Waals surface area contributed by atoms with E-state index in [0.717, 1.165) is 38.0 Å². The van der Waals surface area contributed by atoms with Gasteiger partial charge >= 0.3 is 0 Å². The second-order valence-corrected chi connectivity index (χ2v) is 5.24. The van der Waals surface area contributed by atoms with Crippen molar-refractivity contribution in [1.29, 1.82) is 0 Å². The molecule has 18 heavy (non-hydrogen) atoms. The van der Waals surface area contributed by atoms with Crippen molar-refractivity contribution in [3.63, 3.8) is 0 Å². The molecular weight excluding hydrogens is 226 g/mol. The summed E-state index contributed by atoms with van der Waals surface area (Å²) in [6, 6.07) is 8.26. The van der Waals surface area contributed by atoms with E-state index >= 15 is 0 Å². The van der Waals surface area contributed by atoms with Crippen LogP contribution >= 0.6 is 0 Å². The maximum Gasteiger partial charge on any atom is 0.241 e. The number of anilines is 1. The number of fused-ring (bicyclic) bond motifs is 1. The molecule has 2 unspecified atom stereocenters. The molecule has 0 spiro atoms. The number of carbonyl (C=O) groups is 1. The minimum absolute atomic E-state index is 0.0223. The van der Waals surface area contributed by atoms with Crippen LogP contribution in [0.15, 0.2) is 24.3 Å². The number of rotatable bonds is 1. The third-order valence-electron chi connectivity index (χ3n) is 3.96. The van der Waals surface area contributed by atoms with Crippen molar-refractivity contribution in [2.45, 2.75) is 31.3 Å². The van der Waals surface area contributed by atoms with Gasteiger partial charge in [0.1, 0.15) is 0 Å². The third-order valence-corrected chi connectivity index (χ3v) is 3.96. The number of carbonyl (C=O) groups excluding carboxylic acids is 1. The predicted molar refractivity (Wildman–Crippen MR) is 71.3 cm³/mol. The van der Waals surface area contributed by atoms with Crippen LogP contribution in [0.2, 0.25) is 0 Å². The fourth-order valence-electron chi connectivity index (χ4n) is 2.95. The standard InChI is InChI=1S/C14H19N3O/c15-11-7-8-17(9-11)13-6-5-10-3-1-2-4-12(10)16-14(13)18/h1-4,11,13H,5-9,15H2,(H,16,18). The number of likely N-dealkylation sites (tertiary alicyclic amines) is 1. The van der Waals surface area contributed by atoms with Gasteiger partial charge in [-0.1, -0.05) is 18.2 Å². The molecule has 0 aliphatic carbocycles. The Balaban J connectivity index is 1.78. The van der Waals surface area contributed by atoms with Crippen LogP contribution in [-0.2, 0) is 11.2 Å². The van der Waals surface area contributed by atoms with Gasteiger partial charge in [-0.05, 0) is 30.9 Å². The maximum atomic E-state index is 12.3. The minimum Gasteiger partial charge on any atom is -0.326 e. The summed E-state index contributed by atoms with van der Waals surface area (Å²) in [4.78, 5) is 14.5. The molecule has 1 fully saturated rings. The average molecular weight is 245 g/mol. The summed E-state index contributed by atoms with van der Waals surface area (Å²) in [5.74, 6) is 0.119. The van der Waals surface area contributed by atoms with E-state index in [1.165, 1.54) is 5.56 Å². The monoisotopic (exact) mass is 245 g/mol. The van der Waals surface area contributed by atoms with Crippen LogP contribution in [0, 0.1) is 0 Å². The van der Waals surface area contributed by atoms with Crippen molar-refractivity contribution in [3.8, 4) is 0 Å². The molecule has 2 heterocycles. The second kappa shape index (κ2) is 4.71. The Morgan fingerprint density at radius 3 is 2.89 bits per heavy atom. The quantitative estimate of drug-likeness (QED) is 0.775. The topological polar surface area (TPSA) is 58.4 Å². The van der Waals surface area contributed by atoms with Crippen molar-refractivity contribution in [2.75, 3.05) is 18.4 Å². The highest BCUT2D eigenvalue weighted by atomic mass is 16.2. The summed E-state index contributed by atoms with van der Waals surface area (Å²) in [6.45, 7) is 1.78. The Morgan fingerprint density at radius 1 is 1.28 bits per heavy atom. The molecule has 4 heteroatoms. The molecule has 1 aromatic carbocycles. The lowest BCUT2D eigenvalue weighted by atomic mass is 10.1. The number of hydrogen-bond donors (Lipinski definition) is 2. The van der Waals surface area contributed by atoms with Gasteiger partial charge in [-0.2, -0.15) is 0 Å². The van der Waals surface area contributed by atoms with Gasteiger partial charge < -0.3 is 11.1 Å². The lowest BCUT2D eigenvalue weighted by molar-refractivity contribution is -0.121. The number of nitrogens with zero attached hydrogens (tertiary/aromatic N) is 1. The number of amides is 1. The van der Waals surface area contributed by atoms with Crippen LogP contribution in [-0.4, -0.2) is 36.0 Å². The number of aryl methyl sites for hydroxylation is 1. The molecule has 1 aromatic rings. The van der Waals surface area contributed by atoms with Crippen molar-refractivity contribution >= 4 is 11.6 Å². The second-order valence-electron chi connectivity index (χ2n) is 5.24. The molecule has 0 bridgehead atoms. The van der Waals surface area contributed by atoms with Crippen LogP contribution in [0.3, 0.4) is 0 Å². The van der Waals surface area contributed by atoms with Crippen molar-refractivity contribution in [3.05, 3.63) is 29.8 Å². The summed E-state index contributed by atoms with van der Waals surface area (Å²) < 4.78 is 0. The van der Waals surface area contributed by atoms with Crippen LogP contribution in [0.4, 0.5) is 5.69 Å². The Hall–Kier alpha value is -1.39. The summed E-state index contributed by atoms with van der Waals surface area (Å²) in [5, 5.41) is 3.04. The molecule has 1 amide bonds. The number of hydrogen-bond acceptors (Lipinski definition) is 3. The van der Waals surface area contributed by atoms with Crippen LogP contribution in [0.1, 0.15) is 18.4 Å². The van der Waals surface area contributed by atoms with E-state index in [-0.39, 0.29) is 18.0 Å². The number of para-hydroxylation sites is 1. The maximum absolute atomic E-state index is 12.3. The molecule has 2 aliphatic heterocycles. The molecule has 2 aliphatic rings. The zero-order chi connectivity index (χ0) is 12.5. The van der Waals surface area contributed by atoms with Gasteiger partial charge in [0.15, 0.2) is 0 Å². The first-order chi connectivity index (χ1) is 8.74. The zero-order valence-electron chi connectivity index (χ0n) is 10.4. The molecular formula is C14H19N3O. The van der Waals surface area contributed by atoms with Crippen LogP contribution < -0.4 is 11.1 Å². The van der Waals surface area contributed by atoms with Gasteiger partial charge in [-0.15, -0.1) is 0 Å². The predicted octanol–water partition coefficient (Wildman–Crippen LogP) is 0.973. The Kier molecular flexibility index (Phi) is 3.06. The Morgan fingerprint density at radius 2 is 2.11 bits per heavy atom. The van der Waals surface area contributed by atoms with Crippen molar-refractivity contribution < 1.29 is 4.79 Å². The van der Waals surface area contributed by atoms with E-state index < -0.39 is 0 Å². The van der Waals surface area contributed by atoms with Crippen LogP contribution in [0.25, 0.3) is 0 Å². The molecule has 2 atom stereocenters. The van der Waals surface area contributed by atoms with Gasteiger partial charge in [0.05, 0.1) is 6.04 Å². The largest absolute Gasteiger partial charge is 0.326 e. The van der Waals surface area contributed by atoms with Gasteiger partial charge in [0, 0.05) is 24.8 Å². The first kappa shape index (κ1) is 11.7. The fraction of sp³-hybridized carbons (Fsp3) is 0.500. The number of nitrogens with one attached hydrogen (secondary N) is 1. The highest BCUT2D eigenvalue weighted by Gasteiger charge is 2.32. The smallest absolute Gasteiger partial charge is 0.241 e. The van der Waals surface area contributed by atoms with Gasteiger partial charge in [0.2, 0.25) is 5.91 Å². The van der Waals surface area contributed by atoms with E-state index in [0.29, 0.717) is 0 Å². The van der Waals surface area contributed by atoms with E-state index in [4.69, 9.17) is 5.73 Å². The molecule has 0 radical (unpaired) electrons. The zero-order valence-corrected chi connectivity index (χ0v) is 10.4. The lowest BCUT2D eigenvalue weighted by Gasteiger charge is -2.24. The number of benzene rings is 1. The number of nitrogens with two attached hydrogens (primary N) is 1. The van der Waals surface area contributed by atoms with E-state index in [1.807, 2.05) is 18.2 Å². The first-order valence-corrected chi connectivity index (χ1v) is 6.62. The summed E-state index contributed by atoms with van der Waals surface area (Å²) in [5.41, 5.74) is 8.13. The van der Waals surface area contributed by atoms with E-state index in [2.05, 4.69) is 16.3 Å². The highest BCUT2D eigenvalue weighted by molar-refractivity contribution is 5.96. The molecule has 3 N–H and O–H groups in total. The van der Waals surface area contributed by atoms with Crippen molar-refractivity contribution in [1.82, 2.24) is 4.90 Å². The molecule has 0 aromatic heterocycles. The van der Waals surface area contributed by atoms with Crippen molar-refractivity contribution in [2.24, 2.45) is 5.73 Å². The molecule has 3 rings (SSSR count). The molecule has 96 valence electrons. The third kappa shape index (κ3) is 2.13. The fourth-order valence-corrected chi connectivity index (χ4v) is 2.95. The van der Waals surface area contributed by atoms with Gasteiger partial charge in [-0.3, -0.25) is 9.69 Å². The van der Waals surface area contributed by atoms with Gasteiger partial charge in [0.25, 0.3) is 0 Å². The summed E-state index contributed by atoms with van der Waals surface area (Å²) in [7, 11) is 0. The molecule has 0 saturated carbocycles. The average Bonchev–Trinajstić information content (AvgIpc) is 2.70. The Labute approximate surface area is 107 Å². The Bertz CT molecular complexity index is 460. The molecule has 1 saturated heterocycles. The van der Waals surface area contributed by atoms with E-state index in [1.54, 1.807) is 0 Å². The first-order valence-electron chi connectivity index (χ1n) is 6.62. The minimum atomic E-state index is -0.0223. The summed E-state index contributed by atoms with van der Waals surface area (Å²) in [6.07, 6.45) is 2.83. The van der Waals surface area contributed by atoms with Gasteiger partial charge in [-0.25, -0.2) is 0 Å². The van der Waals surface area contributed by atoms with Crippen LogP contribution in [0.5, 0.6) is 0 Å². The molecule has 4 nitrogen and oxygen atoms in total. The van der Waals surface area contributed by atoms with E-state index in [9.17, 15) is 4.79 Å². The normalized spacial score (nSPS) is 28.6. The summed E-state index contributed by atoms with van der Waals surface area (Å²) >= 11 is 0. The lowest BCUT2D eigenvalue weighted by Crippen LogP contribution is -2.43. The SMILES string of the molecule is NC1CCN(C2CCc3ccccc3NC2=O)C1. The highest BCUT2D eigenvalue weighted by Crippen LogP contribution is 2.25.